The molecule has 1 atom stereocenters. The van der Waals surface area contributed by atoms with Crippen molar-refractivity contribution in [1.82, 2.24) is 0 Å². The van der Waals surface area contributed by atoms with Gasteiger partial charge in [0.25, 0.3) is 0 Å². The summed E-state index contributed by atoms with van der Waals surface area (Å²) in [6, 6.07) is 12.3. The van der Waals surface area contributed by atoms with E-state index in [0.29, 0.717) is 6.61 Å². The Balaban J connectivity index is 2.46. The number of para-hydroxylation sites is 1. The van der Waals surface area contributed by atoms with Crippen LogP contribution in [0.1, 0.15) is 34.0 Å². The van der Waals surface area contributed by atoms with E-state index in [0.717, 1.165) is 21.9 Å². The van der Waals surface area contributed by atoms with Gasteiger partial charge in [0.15, 0.2) is 0 Å². The van der Waals surface area contributed by atoms with Gasteiger partial charge in [0.1, 0.15) is 5.75 Å². The Labute approximate surface area is 134 Å². The minimum absolute atomic E-state index is 0.0983. The van der Waals surface area contributed by atoms with Crippen LogP contribution in [-0.2, 0) is 0 Å². The van der Waals surface area contributed by atoms with Gasteiger partial charge in [-0.2, -0.15) is 0 Å². The average Bonchev–Trinajstić information content (AvgIpc) is 2.43. The molecule has 0 aliphatic heterocycles. The summed E-state index contributed by atoms with van der Waals surface area (Å²) in [5.41, 5.74) is 4.62. The summed E-state index contributed by atoms with van der Waals surface area (Å²) in [5, 5.41) is 0.809. The summed E-state index contributed by atoms with van der Waals surface area (Å²) in [4.78, 5) is 0.0983. The van der Waals surface area contributed by atoms with Gasteiger partial charge in [-0.25, -0.2) is 0 Å². The van der Waals surface area contributed by atoms with Crippen LogP contribution in [0.4, 0.5) is 0 Å². The van der Waals surface area contributed by atoms with Crippen LogP contribution in [0.5, 0.6) is 5.75 Å². The highest BCUT2D eigenvalue weighted by Crippen LogP contribution is 2.39. The number of halogens is 2. The van der Waals surface area contributed by atoms with E-state index in [1.54, 1.807) is 0 Å². The van der Waals surface area contributed by atoms with Gasteiger partial charge in [-0.1, -0.05) is 51.8 Å². The molecule has 3 heteroatoms. The van der Waals surface area contributed by atoms with Crippen molar-refractivity contribution in [2.75, 3.05) is 6.61 Å². The van der Waals surface area contributed by atoms with Crippen molar-refractivity contribution in [2.24, 2.45) is 0 Å². The predicted octanol–water partition coefficient (Wildman–Crippen LogP) is 5.84. The molecule has 0 amide bonds. The molecular weight excluding hydrogens is 336 g/mol. The number of hydrogen-bond acceptors (Lipinski definition) is 1. The molecule has 106 valence electrons. The van der Waals surface area contributed by atoms with E-state index in [1.807, 2.05) is 38.1 Å². The second-order valence-corrected chi connectivity index (χ2v) is 6.11. The molecule has 20 heavy (non-hydrogen) atoms. The number of alkyl halides is 1. The van der Waals surface area contributed by atoms with Crippen LogP contribution in [0.25, 0.3) is 0 Å². The maximum absolute atomic E-state index is 6.18. The highest BCUT2D eigenvalue weighted by atomic mass is 79.9. The van der Waals surface area contributed by atoms with Crippen LogP contribution >= 0.6 is 27.5 Å². The molecule has 2 aromatic carbocycles. The highest BCUT2D eigenvalue weighted by molar-refractivity contribution is 9.09. The van der Waals surface area contributed by atoms with Crippen molar-refractivity contribution >= 4 is 27.5 Å². The molecule has 0 saturated heterocycles. The van der Waals surface area contributed by atoms with Gasteiger partial charge in [0.05, 0.1) is 11.4 Å². The third kappa shape index (κ3) is 3.18. The number of benzene rings is 2. The summed E-state index contributed by atoms with van der Waals surface area (Å²) in [7, 11) is 0. The summed E-state index contributed by atoms with van der Waals surface area (Å²) < 4.78 is 5.72. The minimum atomic E-state index is 0.0983. The Kier molecular flexibility index (Phi) is 5.11. The number of aryl methyl sites for hydroxylation is 2. The van der Waals surface area contributed by atoms with Gasteiger partial charge < -0.3 is 4.74 Å². The van der Waals surface area contributed by atoms with Gasteiger partial charge in [0.2, 0.25) is 0 Å². The molecule has 0 spiro atoms. The summed E-state index contributed by atoms with van der Waals surface area (Å²) in [5.74, 6) is 0.920. The monoisotopic (exact) mass is 352 g/mol. The quantitative estimate of drug-likeness (QED) is 0.627. The molecule has 0 aromatic heterocycles. The molecule has 2 rings (SSSR count). The Morgan fingerprint density at radius 2 is 1.80 bits per heavy atom. The fourth-order valence-corrected chi connectivity index (χ4v) is 3.31. The van der Waals surface area contributed by atoms with Crippen LogP contribution in [0.15, 0.2) is 36.4 Å². The summed E-state index contributed by atoms with van der Waals surface area (Å²) in [6.45, 7) is 6.77. The first-order chi connectivity index (χ1) is 9.54. The Morgan fingerprint density at radius 1 is 1.10 bits per heavy atom. The van der Waals surface area contributed by atoms with Gasteiger partial charge in [-0.05, 0) is 49.6 Å². The van der Waals surface area contributed by atoms with E-state index in [1.165, 1.54) is 11.1 Å². The first-order valence-electron chi connectivity index (χ1n) is 6.67. The Bertz CT molecular complexity index is 610. The molecule has 1 nitrogen and oxygen atoms in total. The van der Waals surface area contributed by atoms with Crippen molar-refractivity contribution in [3.63, 3.8) is 0 Å². The lowest BCUT2D eigenvalue weighted by Crippen LogP contribution is -2.01. The second kappa shape index (κ2) is 6.64. The van der Waals surface area contributed by atoms with Crippen LogP contribution < -0.4 is 4.74 Å². The summed E-state index contributed by atoms with van der Waals surface area (Å²) >= 11 is 9.98. The standard InChI is InChI=1S/C17H18BrClO/c1-4-20-16-8-6-5-7-13(16)17(18)14-9-12(3)15(19)10-11(14)2/h5-10,17H,4H2,1-3H3. The number of ether oxygens (including phenoxy) is 1. The lowest BCUT2D eigenvalue weighted by Gasteiger charge is -2.18. The molecule has 1 unspecified atom stereocenters. The molecule has 0 bridgehead atoms. The maximum Gasteiger partial charge on any atom is 0.123 e. The molecule has 0 saturated carbocycles. The van der Waals surface area contributed by atoms with E-state index < -0.39 is 0 Å². The van der Waals surface area contributed by atoms with Crippen LogP contribution in [0.3, 0.4) is 0 Å². The third-order valence-electron chi connectivity index (χ3n) is 3.31. The fourth-order valence-electron chi connectivity index (χ4n) is 2.22. The molecule has 0 radical (unpaired) electrons. The van der Waals surface area contributed by atoms with Crippen molar-refractivity contribution in [2.45, 2.75) is 25.6 Å². The van der Waals surface area contributed by atoms with Crippen molar-refractivity contribution in [3.05, 3.63) is 63.7 Å². The number of hydrogen-bond donors (Lipinski definition) is 0. The third-order valence-corrected chi connectivity index (χ3v) is 4.71. The van der Waals surface area contributed by atoms with E-state index in [2.05, 4.69) is 35.0 Å². The topological polar surface area (TPSA) is 9.23 Å². The van der Waals surface area contributed by atoms with Gasteiger partial charge in [-0.3, -0.25) is 0 Å². The van der Waals surface area contributed by atoms with Crippen molar-refractivity contribution < 1.29 is 4.74 Å². The van der Waals surface area contributed by atoms with Crippen LogP contribution in [0, 0.1) is 13.8 Å². The van der Waals surface area contributed by atoms with Crippen molar-refractivity contribution in [3.8, 4) is 5.75 Å². The van der Waals surface area contributed by atoms with Gasteiger partial charge >= 0.3 is 0 Å². The lowest BCUT2D eigenvalue weighted by molar-refractivity contribution is 0.337. The van der Waals surface area contributed by atoms with Crippen molar-refractivity contribution in [1.29, 1.82) is 0 Å². The predicted molar refractivity (Wildman–Crippen MR) is 89.3 cm³/mol. The smallest absolute Gasteiger partial charge is 0.123 e. The molecule has 0 heterocycles. The first kappa shape index (κ1) is 15.4. The van der Waals surface area contributed by atoms with E-state index in [-0.39, 0.29) is 4.83 Å². The molecule has 0 N–H and O–H groups in total. The molecule has 0 fully saturated rings. The van der Waals surface area contributed by atoms with E-state index in [9.17, 15) is 0 Å². The zero-order valence-corrected chi connectivity index (χ0v) is 14.3. The largest absolute Gasteiger partial charge is 0.494 e. The fraction of sp³-hybridized carbons (Fsp3) is 0.294. The summed E-state index contributed by atoms with van der Waals surface area (Å²) in [6.07, 6.45) is 0. The normalized spacial score (nSPS) is 12.2. The van der Waals surface area contributed by atoms with Crippen LogP contribution in [-0.4, -0.2) is 6.61 Å². The molecule has 0 aliphatic carbocycles. The zero-order valence-electron chi connectivity index (χ0n) is 11.9. The van der Waals surface area contributed by atoms with Crippen LogP contribution in [0.2, 0.25) is 5.02 Å². The molecule has 2 aromatic rings. The van der Waals surface area contributed by atoms with E-state index >= 15 is 0 Å². The van der Waals surface area contributed by atoms with Gasteiger partial charge in [-0.15, -0.1) is 0 Å². The van der Waals surface area contributed by atoms with Gasteiger partial charge in [0, 0.05) is 10.6 Å². The molecular formula is C17H18BrClO. The highest BCUT2D eigenvalue weighted by Gasteiger charge is 2.17. The lowest BCUT2D eigenvalue weighted by atomic mass is 9.98. The maximum atomic E-state index is 6.18. The SMILES string of the molecule is CCOc1ccccc1C(Br)c1cc(C)c(Cl)cc1C. The minimum Gasteiger partial charge on any atom is -0.494 e. The first-order valence-corrected chi connectivity index (χ1v) is 7.96. The Morgan fingerprint density at radius 3 is 2.50 bits per heavy atom. The Hall–Kier alpha value is -0.990. The molecule has 0 aliphatic rings. The number of rotatable bonds is 4. The van der Waals surface area contributed by atoms with E-state index in [4.69, 9.17) is 16.3 Å². The average molecular weight is 354 g/mol. The second-order valence-electron chi connectivity index (χ2n) is 4.79. The zero-order chi connectivity index (χ0) is 14.7.